The smallest absolute Gasteiger partial charge is 0.416 e. The number of carbonyl (C=O) groups is 1. The van der Waals surface area contributed by atoms with Crippen molar-refractivity contribution in [3.63, 3.8) is 0 Å². The van der Waals surface area contributed by atoms with Crippen LogP contribution in [-0.2, 0) is 27.6 Å². The molecule has 0 aromatic heterocycles. The Morgan fingerprint density at radius 2 is 1.88 bits per heavy atom. The molecule has 1 fully saturated rings. The summed E-state index contributed by atoms with van der Waals surface area (Å²) in [6, 6.07) is 6.64. The SMILES string of the molecule is C[C@]1(C(=O)NO)[C@@H](O)CCCN1S(=O)(=O)c1ccc(OCc2cc(F)ccc2C(F)(F)F)cc1. The number of rotatable bonds is 6. The highest BCUT2D eigenvalue weighted by molar-refractivity contribution is 7.89. The molecule has 3 N–H and O–H groups in total. The van der Waals surface area contributed by atoms with Gasteiger partial charge in [0.2, 0.25) is 10.0 Å². The summed E-state index contributed by atoms with van der Waals surface area (Å²) in [5.74, 6) is -1.95. The molecule has 34 heavy (non-hydrogen) atoms. The lowest BCUT2D eigenvalue weighted by molar-refractivity contribution is -0.147. The van der Waals surface area contributed by atoms with E-state index in [4.69, 9.17) is 9.94 Å². The third kappa shape index (κ3) is 4.87. The second-order valence-corrected chi connectivity index (χ2v) is 9.75. The molecule has 186 valence electrons. The van der Waals surface area contributed by atoms with Crippen molar-refractivity contribution in [1.29, 1.82) is 0 Å². The molecule has 0 spiro atoms. The zero-order valence-electron chi connectivity index (χ0n) is 17.8. The van der Waals surface area contributed by atoms with Gasteiger partial charge in [0, 0.05) is 12.1 Å². The number of sulfonamides is 1. The molecule has 13 heteroatoms. The van der Waals surface area contributed by atoms with E-state index in [1.807, 2.05) is 0 Å². The summed E-state index contributed by atoms with van der Waals surface area (Å²) >= 11 is 0. The lowest BCUT2D eigenvalue weighted by Gasteiger charge is -2.44. The largest absolute Gasteiger partial charge is 0.489 e. The van der Waals surface area contributed by atoms with Crippen LogP contribution in [0.1, 0.15) is 30.9 Å². The highest BCUT2D eigenvalue weighted by Crippen LogP contribution is 2.35. The summed E-state index contributed by atoms with van der Waals surface area (Å²) in [5.41, 5.74) is -2.07. The zero-order chi connectivity index (χ0) is 25.3. The zero-order valence-corrected chi connectivity index (χ0v) is 18.7. The molecule has 0 bridgehead atoms. The Kier molecular flexibility index (Phi) is 7.22. The van der Waals surface area contributed by atoms with Gasteiger partial charge in [-0.3, -0.25) is 10.0 Å². The first kappa shape index (κ1) is 25.9. The van der Waals surface area contributed by atoms with Crippen LogP contribution in [0, 0.1) is 5.82 Å². The summed E-state index contributed by atoms with van der Waals surface area (Å²) in [6.07, 6.45) is -5.68. The molecule has 0 radical (unpaired) electrons. The van der Waals surface area contributed by atoms with E-state index in [0.29, 0.717) is 18.2 Å². The van der Waals surface area contributed by atoms with Crippen molar-refractivity contribution >= 4 is 15.9 Å². The second-order valence-electron chi connectivity index (χ2n) is 7.88. The minimum atomic E-state index is -4.71. The van der Waals surface area contributed by atoms with E-state index in [0.717, 1.165) is 16.4 Å². The minimum absolute atomic E-state index is 0.0193. The van der Waals surface area contributed by atoms with Gasteiger partial charge in [-0.2, -0.15) is 17.5 Å². The van der Waals surface area contributed by atoms with E-state index in [1.54, 1.807) is 0 Å². The van der Waals surface area contributed by atoms with Gasteiger partial charge < -0.3 is 9.84 Å². The average molecular weight is 506 g/mol. The predicted octanol–water partition coefficient (Wildman–Crippen LogP) is 2.83. The topological polar surface area (TPSA) is 116 Å². The van der Waals surface area contributed by atoms with Crippen LogP contribution in [0.4, 0.5) is 17.6 Å². The van der Waals surface area contributed by atoms with Gasteiger partial charge in [-0.25, -0.2) is 18.3 Å². The first-order chi connectivity index (χ1) is 15.8. The Balaban J connectivity index is 1.83. The number of halogens is 4. The van der Waals surface area contributed by atoms with Crippen LogP contribution in [0.2, 0.25) is 0 Å². The Morgan fingerprint density at radius 1 is 1.24 bits per heavy atom. The number of alkyl halides is 3. The van der Waals surface area contributed by atoms with Crippen molar-refractivity contribution in [2.45, 2.75) is 49.1 Å². The van der Waals surface area contributed by atoms with Gasteiger partial charge in [-0.15, -0.1) is 0 Å². The molecule has 2 aromatic rings. The van der Waals surface area contributed by atoms with Gasteiger partial charge in [0.25, 0.3) is 5.91 Å². The van der Waals surface area contributed by atoms with Crippen LogP contribution in [-0.4, -0.2) is 47.1 Å². The first-order valence-electron chi connectivity index (χ1n) is 10.1. The van der Waals surface area contributed by atoms with Gasteiger partial charge >= 0.3 is 6.18 Å². The molecule has 1 aliphatic heterocycles. The van der Waals surface area contributed by atoms with Crippen LogP contribution < -0.4 is 10.2 Å². The molecule has 1 amide bonds. The van der Waals surface area contributed by atoms with Gasteiger partial charge in [-0.05, 0) is 62.2 Å². The fraction of sp³-hybridized carbons (Fsp3) is 0.381. The number of hydrogen-bond acceptors (Lipinski definition) is 6. The van der Waals surface area contributed by atoms with Crippen LogP contribution in [0.15, 0.2) is 47.4 Å². The standard InChI is InChI=1S/C21H22F4N2O6S/c1-20(19(29)26-30)18(28)3-2-10-27(20)34(31,32)16-7-5-15(6-8-16)33-12-13-11-14(22)4-9-17(13)21(23,24)25/h4-9,11,18,28,30H,2-3,10,12H2,1H3,(H,26,29)/t18-,20+/m0/s1. The molecule has 1 saturated heterocycles. The number of aliphatic hydroxyl groups excluding tert-OH is 1. The van der Waals surface area contributed by atoms with Crippen molar-refractivity contribution in [3.8, 4) is 5.75 Å². The summed E-state index contributed by atoms with van der Waals surface area (Å²) in [6.45, 7) is 0.474. The van der Waals surface area contributed by atoms with E-state index in [1.165, 1.54) is 24.5 Å². The first-order valence-corrected chi connectivity index (χ1v) is 11.5. The fourth-order valence-electron chi connectivity index (χ4n) is 3.81. The number of carbonyl (C=O) groups excluding carboxylic acids is 1. The molecular weight excluding hydrogens is 484 g/mol. The lowest BCUT2D eigenvalue weighted by Crippen LogP contribution is -2.66. The van der Waals surface area contributed by atoms with Crippen molar-refractivity contribution in [2.75, 3.05) is 6.54 Å². The maximum Gasteiger partial charge on any atom is 0.416 e. The Bertz CT molecular complexity index is 1160. The molecular formula is C21H22F4N2O6S. The van der Waals surface area contributed by atoms with E-state index in [2.05, 4.69) is 0 Å². The second kappa shape index (κ2) is 9.49. The summed E-state index contributed by atoms with van der Waals surface area (Å²) in [5, 5.41) is 19.4. The molecule has 1 heterocycles. The van der Waals surface area contributed by atoms with E-state index < -0.39 is 57.3 Å². The molecule has 2 atom stereocenters. The van der Waals surface area contributed by atoms with Crippen LogP contribution >= 0.6 is 0 Å². The molecule has 0 aliphatic carbocycles. The van der Waals surface area contributed by atoms with Gasteiger partial charge in [-0.1, -0.05) is 0 Å². The number of amides is 1. The number of nitrogens with one attached hydrogen (secondary N) is 1. The van der Waals surface area contributed by atoms with Gasteiger partial charge in [0.15, 0.2) is 0 Å². The summed E-state index contributed by atoms with van der Waals surface area (Å²) in [7, 11) is -4.33. The van der Waals surface area contributed by atoms with Crippen LogP contribution in [0.5, 0.6) is 5.75 Å². The number of nitrogens with zero attached hydrogens (tertiary/aromatic N) is 1. The van der Waals surface area contributed by atoms with E-state index in [9.17, 15) is 35.9 Å². The third-order valence-corrected chi connectivity index (χ3v) is 7.76. The molecule has 2 aromatic carbocycles. The average Bonchev–Trinajstić information content (AvgIpc) is 2.78. The Hall–Kier alpha value is -2.74. The van der Waals surface area contributed by atoms with Crippen molar-refractivity contribution in [2.24, 2.45) is 0 Å². The number of aliphatic hydroxyl groups is 1. The number of hydroxylamine groups is 1. The van der Waals surface area contributed by atoms with Crippen molar-refractivity contribution in [3.05, 3.63) is 59.4 Å². The van der Waals surface area contributed by atoms with Crippen LogP contribution in [0.3, 0.4) is 0 Å². The minimum Gasteiger partial charge on any atom is -0.489 e. The number of hydrogen-bond donors (Lipinski definition) is 3. The van der Waals surface area contributed by atoms with Crippen molar-refractivity contribution < 1.29 is 45.8 Å². The monoisotopic (exact) mass is 506 g/mol. The molecule has 1 aliphatic rings. The van der Waals surface area contributed by atoms with Crippen molar-refractivity contribution in [1.82, 2.24) is 9.79 Å². The maximum atomic E-state index is 13.4. The lowest BCUT2D eigenvalue weighted by atomic mass is 9.87. The molecule has 0 saturated carbocycles. The molecule has 8 nitrogen and oxygen atoms in total. The number of ether oxygens (including phenoxy) is 1. The summed E-state index contributed by atoms with van der Waals surface area (Å²) in [4.78, 5) is 12.0. The highest BCUT2D eigenvalue weighted by atomic mass is 32.2. The molecule has 3 rings (SSSR count). The third-order valence-electron chi connectivity index (χ3n) is 5.75. The normalized spacial score (nSPS) is 21.8. The number of piperidine rings is 1. The van der Waals surface area contributed by atoms with Gasteiger partial charge in [0.05, 0.1) is 16.6 Å². The molecule has 0 unspecified atom stereocenters. The number of benzene rings is 2. The van der Waals surface area contributed by atoms with Gasteiger partial charge in [0.1, 0.15) is 23.7 Å². The predicted molar refractivity (Wildman–Crippen MR) is 110 cm³/mol. The quantitative estimate of drug-likeness (QED) is 0.315. The Labute approximate surface area is 192 Å². The highest BCUT2D eigenvalue weighted by Gasteiger charge is 2.53. The summed E-state index contributed by atoms with van der Waals surface area (Å²) < 4.78 is 85.3. The maximum absolute atomic E-state index is 13.4. The van der Waals surface area contributed by atoms with E-state index >= 15 is 0 Å². The van der Waals surface area contributed by atoms with E-state index in [-0.39, 0.29) is 30.0 Å². The fourth-order valence-corrected chi connectivity index (χ4v) is 5.62. The van der Waals surface area contributed by atoms with Crippen LogP contribution in [0.25, 0.3) is 0 Å². The Morgan fingerprint density at radius 3 is 2.47 bits per heavy atom.